The van der Waals surface area contributed by atoms with Crippen LogP contribution in [0.15, 0.2) is 12.3 Å². The van der Waals surface area contributed by atoms with Crippen LogP contribution in [0.3, 0.4) is 0 Å². The van der Waals surface area contributed by atoms with E-state index in [1.54, 1.807) is 13.0 Å². The fraction of sp³-hybridized carbons (Fsp3) is 0.375. The molecule has 1 heterocycles. The van der Waals surface area contributed by atoms with Crippen molar-refractivity contribution < 1.29 is 13.5 Å². The quantitative estimate of drug-likeness (QED) is 0.784. The van der Waals surface area contributed by atoms with Crippen molar-refractivity contribution in [2.75, 3.05) is 12.3 Å². The van der Waals surface area contributed by atoms with Gasteiger partial charge in [-0.3, -0.25) is 0 Å². The smallest absolute Gasteiger partial charge is 0.272 e. The standard InChI is InChI=1S/C8H10F2N2O/c1-5-2-6(11)8(12-3-5)13-4-7(9)10/h2-3,7H,4,11H2,1H3. The third-order valence-corrected chi connectivity index (χ3v) is 1.36. The first-order chi connectivity index (χ1) is 6.09. The number of nitrogens with zero attached hydrogens (tertiary/aromatic N) is 1. The van der Waals surface area contributed by atoms with Crippen molar-refractivity contribution in [2.45, 2.75) is 13.3 Å². The fourth-order valence-electron chi connectivity index (χ4n) is 0.842. The molecule has 1 aromatic heterocycles. The van der Waals surface area contributed by atoms with Crippen LogP contribution in [0.5, 0.6) is 5.88 Å². The molecule has 1 rings (SSSR count). The van der Waals surface area contributed by atoms with Gasteiger partial charge in [0.25, 0.3) is 6.43 Å². The molecule has 13 heavy (non-hydrogen) atoms. The zero-order valence-corrected chi connectivity index (χ0v) is 7.13. The highest BCUT2D eigenvalue weighted by molar-refractivity contribution is 5.49. The van der Waals surface area contributed by atoms with Gasteiger partial charge in [0.05, 0.1) is 5.69 Å². The van der Waals surface area contributed by atoms with Gasteiger partial charge in [0.1, 0.15) is 0 Å². The van der Waals surface area contributed by atoms with Crippen LogP contribution in [0.4, 0.5) is 14.5 Å². The summed E-state index contributed by atoms with van der Waals surface area (Å²) in [6.07, 6.45) is -1.00. The summed E-state index contributed by atoms with van der Waals surface area (Å²) in [4.78, 5) is 3.77. The zero-order valence-electron chi connectivity index (χ0n) is 7.13. The number of pyridine rings is 1. The number of anilines is 1. The van der Waals surface area contributed by atoms with Crippen LogP contribution in [-0.2, 0) is 0 Å². The molecule has 0 aliphatic rings. The van der Waals surface area contributed by atoms with E-state index in [1.165, 1.54) is 6.20 Å². The van der Waals surface area contributed by atoms with Gasteiger partial charge in [0, 0.05) is 6.20 Å². The molecule has 0 aliphatic heterocycles. The van der Waals surface area contributed by atoms with Crippen LogP contribution in [0, 0.1) is 6.92 Å². The first-order valence-corrected chi connectivity index (χ1v) is 3.72. The van der Waals surface area contributed by atoms with E-state index in [4.69, 9.17) is 5.73 Å². The van der Waals surface area contributed by atoms with E-state index in [-0.39, 0.29) is 11.6 Å². The molecule has 0 amide bonds. The molecular formula is C8H10F2N2O. The van der Waals surface area contributed by atoms with E-state index in [0.29, 0.717) is 0 Å². The number of halogens is 2. The van der Waals surface area contributed by atoms with Crippen molar-refractivity contribution in [2.24, 2.45) is 0 Å². The molecule has 0 unspecified atom stereocenters. The molecule has 3 nitrogen and oxygen atoms in total. The highest BCUT2D eigenvalue weighted by Crippen LogP contribution is 2.18. The van der Waals surface area contributed by atoms with Gasteiger partial charge < -0.3 is 10.5 Å². The van der Waals surface area contributed by atoms with Crippen LogP contribution >= 0.6 is 0 Å². The number of ether oxygens (including phenoxy) is 1. The summed E-state index contributed by atoms with van der Waals surface area (Å²) < 4.78 is 28.1. The van der Waals surface area contributed by atoms with E-state index in [2.05, 4.69) is 9.72 Å². The minimum Gasteiger partial charge on any atom is -0.470 e. The molecule has 0 aliphatic carbocycles. The van der Waals surface area contributed by atoms with Gasteiger partial charge in [0.2, 0.25) is 5.88 Å². The van der Waals surface area contributed by atoms with Crippen LogP contribution in [-0.4, -0.2) is 18.0 Å². The average Bonchev–Trinajstić information content (AvgIpc) is 2.02. The van der Waals surface area contributed by atoms with Crippen molar-refractivity contribution >= 4 is 5.69 Å². The Morgan fingerprint density at radius 3 is 2.85 bits per heavy atom. The van der Waals surface area contributed by atoms with Crippen molar-refractivity contribution in [3.8, 4) is 5.88 Å². The lowest BCUT2D eigenvalue weighted by molar-refractivity contribution is 0.0800. The van der Waals surface area contributed by atoms with Gasteiger partial charge in [-0.2, -0.15) is 0 Å². The second-order valence-electron chi connectivity index (χ2n) is 2.61. The largest absolute Gasteiger partial charge is 0.470 e. The van der Waals surface area contributed by atoms with E-state index in [9.17, 15) is 8.78 Å². The molecule has 72 valence electrons. The van der Waals surface area contributed by atoms with Gasteiger partial charge in [-0.15, -0.1) is 0 Å². The lowest BCUT2D eigenvalue weighted by Crippen LogP contribution is -2.09. The fourth-order valence-corrected chi connectivity index (χ4v) is 0.842. The number of nitrogen functional groups attached to an aromatic ring is 1. The van der Waals surface area contributed by atoms with Crippen molar-refractivity contribution in [3.05, 3.63) is 17.8 Å². The third kappa shape index (κ3) is 2.85. The summed E-state index contributed by atoms with van der Waals surface area (Å²) in [5, 5.41) is 0. The van der Waals surface area contributed by atoms with Gasteiger partial charge in [-0.05, 0) is 18.6 Å². The summed E-state index contributed by atoms with van der Waals surface area (Å²) in [5.41, 5.74) is 6.62. The summed E-state index contributed by atoms with van der Waals surface area (Å²) in [7, 11) is 0. The first-order valence-electron chi connectivity index (χ1n) is 3.72. The van der Waals surface area contributed by atoms with E-state index < -0.39 is 13.0 Å². The maximum Gasteiger partial charge on any atom is 0.272 e. The zero-order chi connectivity index (χ0) is 9.84. The monoisotopic (exact) mass is 188 g/mol. The molecule has 0 radical (unpaired) electrons. The molecule has 2 N–H and O–H groups in total. The van der Waals surface area contributed by atoms with E-state index in [1.807, 2.05) is 0 Å². The first kappa shape index (κ1) is 9.70. The van der Waals surface area contributed by atoms with Crippen LogP contribution < -0.4 is 10.5 Å². The molecule has 1 aromatic rings. The number of alkyl halides is 2. The number of hydrogen-bond donors (Lipinski definition) is 1. The second kappa shape index (κ2) is 4.02. The topological polar surface area (TPSA) is 48.1 Å². The minimum absolute atomic E-state index is 0.0610. The van der Waals surface area contributed by atoms with Gasteiger partial charge in [-0.25, -0.2) is 13.8 Å². The van der Waals surface area contributed by atoms with Crippen LogP contribution in [0.25, 0.3) is 0 Å². The number of nitrogens with two attached hydrogens (primary N) is 1. The van der Waals surface area contributed by atoms with Gasteiger partial charge >= 0.3 is 0 Å². The number of hydrogen-bond acceptors (Lipinski definition) is 3. The Morgan fingerprint density at radius 1 is 1.62 bits per heavy atom. The van der Waals surface area contributed by atoms with E-state index >= 15 is 0 Å². The number of rotatable bonds is 3. The van der Waals surface area contributed by atoms with Crippen molar-refractivity contribution in [1.29, 1.82) is 0 Å². The van der Waals surface area contributed by atoms with Crippen LogP contribution in [0.1, 0.15) is 5.56 Å². The average molecular weight is 188 g/mol. The molecule has 0 atom stereocenters. The minimum atomic E-state index is -2.51. The second-order valence-corrected chi connectivity index (χ2v) is 2.61. The highest BCUT2D eigenvalue weighted by Gasteiger charge is 2.06. The summed E-state index contributed by atoms with van der Waals surface area (Å²) in [6, 6.07) is 1.62. The molecule has 0 spiro atoms. The number of aryl methyl sites for hydroxylation is 1. The maximum absolute atomic E-state index is 11.7. The summed E-state index contributed by atoms with van der Waals surface area (Å²) in [6.45, 7) is 1.13. The lowest BCUT2D eigenvalue weighted by Gasteiger charge is -2.06. The molecular weight excluding hydrogens is 178 g/mol. The normalized spacial score (nSPS) is 10.5. The Morgan fingerprint density at radius 2 is 2.31 bits per heavy atom. The van der Waals surface area contributed by atoms with Gasteiger partial charge in [0.15, 0.2) is 6.61 Å². The molecule has 0 fully saturated rings. The predicted molar refractivity (Wildman–Crippen MR) is 44.9 cm³/mol. The SMILES string of the molecule is Cc1cnc(OCC(F)F)c(N)c1. The highest BCUT2D eigenvalue weighted by atomic mass is 19.3. The Kier molecular flexibility index (Phi) is 3.00. The summed E-state index contributed by atoms with van der Waals surface area (Å²) >= 11 is 0. The molecule has 0 saturated carbocycles. The Hall–Kier alpha value is -1.39. The maximum atomic E-state index is 11.7. The molecule has 0 saturated heterocycles. The van der Waals surface area contributed by atoms with Crippen molar-refractivity contribution in [1.82, 2.24) is 4.98 Å². The molecule has 5 heteroatoms. The Balaban J connectivity index is 2.67. The van der Waals surface area contributed by atoms with Crippen molar-refractivity contribution in [3.63, 3.8) is 0 Å². The lowest BCUT2D eigenvalue weighted by atomic mass is 10.3. The van der Waals surface area contributed by atoms with Crippen LogP contribution in [0.2, 0.25) is 0 Å². The van der Waals surface area contributed by atoms with Gasteiger partial charge in [-0.1, -0.05) is 0 Å². The van der Waals surface area contributed by atoms with E-state index in [0.717, 1.165) is 5.56 Å². The third-order valence-electron chi connectivity index (χ3n) is 1.36. The number of aromatic nitrogens is 1. The summed E-state index contributed by atoms with van der Waals surface area (Å²) in [5.74, 6) is 0.0610. The molecule has 0 bridgehead atoms. The Bertz CT molecular complexity index is 291. The molecule has 0 aromatic carbocycles. The Labute approximate surface area is 74.5 Å². The predicted octanol–water partition coefficient (Wildman–Crippen LogP) is 1.62.